The Morgan fingerprint density at radius 3 is 2.62 bits per heavy atom. The van der Waals surface area contributed by atoms with Gasteiger partial charge in [0.15, 0.2) is 5.69 Å². The highest BCUT2D eigenvalue weighted by atomic mass is 16.1. The first-order valence-corrected chi connectivity index (χ1v) is 5.30. The van der Waals surface area contributed by atoms with E-state index in [2.05, 4.69) is 22.3 Å². The number of carbonyl (C=O) groups excluding carboxylic acids is 1. The Labute approximate surface area is 93.7 Å². The largest absolute Gasteiger partial charge is 0.287 e. The molecule has 0 bridgehead atoms. The molecule has 1 heterocycles. The highest BCUT2D eigenvalue weighted by Crippen LogP contribution is 2.10. The summed E-state index contributed by atoms with van der Waals surface area (Å²) in [6.07, 6.45) is 3.58. The van der Waals surface area contributed by atoms with Gasteiger partial charge in [-0.2, -0.15) is 15.4 Å². The lowest BCUT2D eigenvalue weighted by Gasteiger charge is -2.00. The van der Waals surface area contributed by atoms with Gasteiger partial charge in [-0.1, -0.05) is 37.6 Å². The molecule has 82 valence electrons. The number of H-pyrrole nitrogens is 1. The third kappa shape index (κ3) is 2.16. The molecule has 0 radical (unpaired) electrons. The zero-order valence-corrected chi connectivity index (χ0v) is 9.10. The number of carbonyl (C=O) groups is 1. The summed E-state index contributed by atoms with van der Waals surface area (Å²) < 4.78 is 0. The molecule has 1 N–H and O–H groups in total. The van der Waals surface area contributed by atoms with Gasteiger partial charge < -0.3 is 0 Å². The summed E-state index contributed by atoms with van der Waals surface area (Å²) in [5.74, 6) is -0.100. The summed E-state index contributed by atoms with van der Waals surface area (Å²) in [7, 11) is 0. The van der Waals surface area contributed by atoms with Gasteiger partial charge in [0.05, 0.1) is 6.20 Å². The number of aromatic amines is 1. The van der Waals surface area contributed by atoms with Crippen molar-refractivity contribution in [2.45, 2.75) is 19.8 Å². The SMILES string of the molecule is CCCc1ccc(C(=O)c2cn[nH]n2)cc1. The summed E-state index contributed by atoms with van der Waals surface area (Å²) in [6, 6.07) is 7.64. The van der Waals surface area contributed by atoms with Crippen LogP contribution in [0.5, 0.6) is 0 Å². The average molecular weight is 215 g/mol. The second-order valence-corrected chi connectivity index (χ2v) is 3.63. The van der Waals surface area contributed by atoms with Gasteiger partial charge in [0.2, 0.25) is 5.78 Å². The molecule has 0 aliphatic rings. The van der Waals surface area contributed by atoms with E-state index >= 15 is 0 Å². The molecule has 0 fully saturated rings. The first-order valence-electron chi connectivity index (χ1n) is 5.30. The van der Waals surface area contributed by atoms with E-state index in [4.69, 9.17) is 0 Å². The molecule has 0 atom stereocenters. The van der Waals surface area contributed by atoms with Gasteiger partial charge in [0, 0.05) is 5.56 Å². The lowest BCUT2D eigenvalue weighted by atomic mass is 10.0. The zero-order chi connectivity index (χ0) is 11.4. The summed E-state index contributed by atoms with van der Waals surface area (Å²) in [4.78, 5) is 11.9. The van der Waals surface area contributed by atoms with E-state index < -0.39 is 0 Å². The van der Waals surface area contributed by atoms with Crippen LogP contribution in [-0.4, -0.2) is 21.2 Å². The van der Waals surface area contributed by atoms with Crippen molar-refractivity contribution in [3.63, 3.8) is 0 Å². The maximum Gasteiger partial charge on any atom is 0.214 e. The molecule has 4 nitrogen and oxygen atoms in total. The lowest BCUT2D eigenvalue weighted by Crippen LogP contribution is -2.01. The molecule has 0 aliphatic heterocycles. The van der Waals surface area contributed by atoms with Crippen molar-refractivity contribution in [2.24, 2.45) is 0 Å². The van der Waals surface area contributed by atoms with Crippen LogP contribution in [0.3, 0.4) is 0 Å². The molecule has 4 heteroatoms. The predicted molar refractivity (Wildman–Crippen MR) is 60.3 cm³/mol. The molecule has 1 aromatic carbocycles. The molecule has 0 saturated heterocycles. The highest BCUT2D eigenvalue weighted by Gasteiger charge is 2.11. The van der Waals surface area contributed by atoms with E-state index in [1.54, 1.807) is 0 Å². The van der Waals surface area contributed by atoms with Crippen LogP contribution in [0.1, 0.15) is 35.0 Å². The molecule has 0 saturated carbocycles. The lowest BCUT2D eigenvalue weighted by molar-refractivity contribution is 0.103. The standard InChI is InChI=1S/C12H13N3O/c1-2-3-9-4-6-10(7-5-9)12(16)11-8-13-15-14-11/h4-8H,2-3H2,1H3,(H,13,14,15). The summed E-state index contributed by atoms with van der Waals surface area (Å²) in [6.45, 7) is 2.13. The number of rotatable bonds is 4. The topological polar surface area (TPSA) is 58.6 Å². The fraction of sp³-hybridized carbons (Fsp3) is 0.250. The number of hydrogen-bond acceptors (Lipinski definition) is 3. The average Bonchev–Trinajstić information content (AvgIpc) is 2.83. The number of ketones is 1. The van der Waals surface area contributed by atoms with Crippen LogP contribution in [0.25, 0.3) is 0 Å². The first kappa shape index (κ1) is 10.5. The molecule has 2 rings (SSSR count). The Bertz CT molecular complexity index is 460. The number of benzene rings is 1. The minimum atomic E-state index is -0.100. The quantitative estimate of drug-likeness (QED) is 0.793. The minimum Gasteiger partial charge on any atom is -0.287 e. The maximum absolute atomic E-state index is 11.9. The fourth-order valence-electron chi connectivity index (χ4n) is 1.57. The second kappa shape index (κ2) is 4.70. The number of aromatic nitrogens is 3. The van der Waals surface area contributed by atoms with Gasteiger partial charge in [-0.3, -0.25) is 4.79 Å². The Kier molecular flexibility index (Phi) is 3.10. The molecular formula is C12H13N3O. The highest BCUT2D eigenvalue weighted by molar-refractivity contribution is 6.07. The van der Waals surface area contributed by atoms with Gasteiger partial charge in [-0.25, -0.2) is 0 Å². The van der Waals surface area contributed by atoms with Crippen LogP contribution < -0.4 is 0 Å². The molecule has 0 aliphatic carbocycles. The zero-order valence-electron chi connectivity index (χ0n) is 9.10. The monoisotopic (exact) mass is 215 g/mol. The van der Waals surface area contributed by atoms with E-state index in [-0.39, 0.29) is 5.78 Å². The molecule has 0 unspecified atom stereocenters. The van der Waals surface area contributed by atoms with E-state index in [1.165, 1.54) is 11.8 Å². The van der Waals surface area contributed by atoms with E-state index in [9.17, 15) is 4.79 Å². The van der Waals surface area contributed by atoms with Crippen molar-refractivity contribution < 1.29 is 4.79 Å². The minimum absolute atomic E-state index is 0.100. The number of hydrogen-bond donors (Lipinski definition) is 1. The van der Waals surface area contributed by atoms with Crippen molar-refractivity contribution in [1.82, 2.24) is 15.4 Å². The van der Waals surface area contributed by atoms with E-state index in [0.717, 1.165) is 12.8 Å². The van der Waals surface area contributed by atoms with Gasteiger partial charge >= 0.3 is 0 Å². The number of aryl methyl sites for hydroxylation is 1. The molecule has 16 heavy (non-hydrogen) atoms. The smallest absolute Gasteiger partial charge is 0.214 e. The summed E-state index contributed by atoms with van der Waals surface area (Å²) in [5.41, 5.74) is 2.25. The third-order valence-electron chi connectivity index (χ3n) is 2.40. The van der Waals surface area contributed by atoms with Crippen LogP contribution in [0.15, 0.2) is 30.5 Å². The molecule has 0 spiro atoms. The van der Waals surface area contributed by atoms with Crippen LogP contribution in [0.4, 0.5) is 0 Å². The van der Waals surface area contributed by atoms with Crippen molar-refractivity contribution in [3.05, 3.63) is 47.3 Å². The molecule has 1 aromatic heterocycles. The Morgan fingerprint density at radius 1 is 1.31 bits per heavy atom. The van der Waals surface area contributed by atoms with Crippen LogP contribution in [0.2, 0.25) is 0 Å². The van der Waals surface area contributed by atoms with Crippen LogP contribution in [0, 0.1) is 0 Å². The Balaban J connectivity index is 2.19. The van der Waals surface area contributed by atoms with Crippen molar-refractivity contribution in [1.29, 1.82) is 0 Å². The van der Waals surface area contributed by atoms with Gasteiger partial charge in [-0.05, 0) is 12.0 Å². The predicted octanol–water partition coefficient (Wildman–Crippen LogP) is 1.99. The van der Waals surface area contributed by atoms with Crippen molar-refractivity contribution in [2.75, 3.05) is 0 Å². The van der Waals surface area contributed by atoms with Crippen molar-refractivity contribution >= 4 is 5.78 Å². The van der Waals surface area contributed by atoms with Gasteiger partial charge in [-0.15, -0.1) is 0 Å². The van der Waals surface area contributed by atoms with Gasteiger partial charge in [0.1, 0.15) is 0 Å². The van der Waals surface area contributed by atoms with Crippen LogP contribution in [-0.2, 0) is 6.42 Å². The van der Waals surface area contributed by atoms with Crippen molar-refractivity contribution in [3.8, 4) is 0 Å². The van der Waals surface area contributed by atoms with E-state index in [1.807, 2.05) is 24.3 Å². The molecular weight excluding hydrogens is 202 g/mol. The molecule has 0 amide bonds. The van der Waals surface area contributed by atoms with Gasteiger partial charge in [0.25, 0.3) is 0 Å². The number of nitrogens with zero attached hydrogens (tertiary/aromatic N) is 2. The molecule has 2 aromatic rings. The summed E-state index contributed by atoms with van der Waals surface area (Å²) in [5, 5.41) is 9.82. The fourth-order valence-corrected chi connectivity index (χ4v) is 1.57. The van der Waals surface area contributed by atoms with Crippen LogP contribution >= 0.6 is 0 Å². The third-order valence-corrected chi connectivity index (χ3v) is 2.40. The Morgan fingerprint density at radius 2 is 2.06 bits per heavy atom. The number of nitrogens with one attached hydrogen (secondary N) is 1. The van der Waals surface area contributed by atoms with E-state index in [0.29, 0.717) is 11.3 Å². The summed E-state index contributed by atoms with van der Waals surface area (Å²) >= 11 is 0. The second-order valence-electron chi connectivity index (χ2n) is 3.63. The maximum atomic E-state index is 11.9. The first-order chi connectivity index (χ1) is 7.81. The Hall–Kier alpha value is -1.97. The normalized spacial score (nSPS) is 10.3.